The highest BCUT2D eigenvalue weighted by molar-refractivity contribution is 5.80. The molecule has 0 radical (unpaired) electrons. The van der Waals surface area contributed by atoms with Gasteiger partial charge in [0.05, 0.1) is 6.42 Å². The van der Waals surface area contributed by atoms with Gasteiger partial charge in [0.25, 0.3) is 0 Å². The average molecular weight is 246 g/mol. The molecule has 0 spiro atoms. The molecule has 0 heterocycles. The number of hydrogen-bond donors (Lipinski definition) is 4. The van der Waals surface area contributed by atoms with E-state index in [4.69, 9.17) is 20.4 Å². The highest BCUT2D eigenvalue weighted by Crippen LogP contribution is 1.89. The molecule has 7 heteroatoms. The van der Waals surface area contributed by atoms with E-state index in [0.717, 1.165) is 6.08 Å². The molecule has 96 valence electrons. The van der Waals surface area contributed by atoms with Gasteiger partial charge in [0.1, 0.15) is 0 Å². The minimum Gasteiger partial charge on any atom is -0.481 e. The molecule has 0 saturated carbocycles. The van der Waals surface area contributed by atoms with Crippen molar-refractivity contribution in [3.63, 3.8) is 0 Å². The Labute approximate surface area is 97.3 Å². The molecule has 4 N–H and O–H groups in total. The molecule has 0 aromatic heterocycles. The summed E-state index contributed by atoms with van der Waals surface area (Å²) in [6, 6.07) is 0. The first kappa shape index (κ1) is 17.3. The van der Waals surface area contributed by atoms with Crippen LogP contribution in [0.1, 0.15) is 13.3 Å². The van der Waals surface area contributed by atoms with Gasteiger partial charge in [-0.2, -0.15) is 0 Å². The molecule has 0 rings (SSSR count). The average Bonchev–Trinajstić information content (AvgIpc) is 2.17. The van der Waals surface area contributed by atoms with Crippen molar-refractivity contribution in [2.24, 2.45) is 0 Å². The summed E-state index contributed by atoms with van der Waals surface area (Å²) in [5.41, 5.74) is 0. The summed E-state index contributed by atoms with van der Waals surface area (Å²) in [6.07, 6.45) is 3.44. The lowest BCUT2D eigenvalue weighted by Gasteiger charge is -1.97. The Morgan fingerprint density at radius 3 is 1.88 bits per heavy atom. The van der Waals surface area contributed by atoms with Crippen LogP contribution in [0.25, 0.3) is 0 Å². The SMILES string of the molecule is C/C=C/C=C/C(=O)O.O=C(O)CC(O)C(=O)O. The van der Waals surface area contributed by atoms with E-state index in [9.17, 15) is 14.4 Å². The number of rotatable bonds is 5. The number of carboxylic acid groups (broad SMARTS) is 3. The standard InChI is InChI=1S/C6H8O2.C4H6O5/c1-2-3-4-5-6(7)8;5-2(4(8)9)1-3(6)7/h2-5H,1H3,(H,7,8);2,5H,1H2,(H,6,7)(H,8,9)/b3-2+,5-4+;. The Hall–Kier alpha value is -2.15. The third-order valence-electron chi connectivity index (χ3n) is 1.20. The van der Waals surface area contributed by atoms with Gasteiger partial charge >= 0.3 is 17.9 Å². The largest absolute Gasteiger partial charge is 0.481 e. The topological polar surface area (TPSA) is 132 Å². The maximum absolute atomic E-state index is 9.75. The van der Waals surface area contributed by atoms with Crippen molar-refractivity contribution >= 4 is 17.9 Å². The molecule has 0 aromatic carbocycles. The smallest absolute Gasteiger partial charge is 0.333 e. The maximum atomic E-state index is 9.75. The summed E-state index contributed by atoms with van der Waals surface area (Å²) >= 11 is 0. The van der Waals surface area contributed by atoms with Crippen molar-refractivity contribution in [1.82, 2.24) is 0 Å². The number of carboxylic acids is 3. The summed E-state index contributed by atoms with van der Waals surface area (Å²) in [5, 5.41) is 32.2. The van der Waals surface area contributed by atoms with Gasteiger partial charge in [0, 0.05) is 6.08 Å². The van der Waals surface area contributed by atoms with Crippen molar-refractivity contribution in [1.29, 1.82) is 0 Å². The molecule has 0 aliphatic carbocycles. The van der Waals surface area contributed by atoms with Crippen LogP contribution in [0.5, 0.6) is 0 Å². The highest BCUT2D eigenvalue weighted by Gasteiger charge is 2.16. The Bertz CT molecular complexity index is 317. The fourth-order valence-electron chi connectivity index (χ4n) is 0.502. The Kier molecular flexibility index (Phi) is 10.5. The molecule has 0 amide bonds. The Morgan fingerprint density at radius 2 is 1.65 bits per heavy atom. The first-order valence-corrected chi connectivity index (χ1v) is 4.46. The molecule has 0 bridgehead atoms. The summed E-state index contributed by atoms with van der Waals surface area (Å²) < 4.78 is 0. The fourth-order valence-corrected chi connectivity index (χ4v) is 0.502. The van der Waals surface area contributed by atoms with E-state index in [1.54, 1.807) is 12.2 Å². The maximum Gasteiger partial charge on any atom is 0.333 e. The van der Waals surface area contributed by atoms with Crippen LogP contribution >= 0.6 is 0 Å². The van der Waals surface area contributed by atoms with Crippen molar-refractivity contribution in [3.8, 4) is 0 Å². The van der Waals surface area contributed by atoms with Crippen molar-refractivity contribution in [2.45, 2.75) is 19.4 Å². The molecular formula is C10H14O7. The Morgan fingerprint density at radius 1 is 1.12 bits per heavy atom. The van der Waals surface area contributed by atoms with Crippen molar-refractivity contribution < 1.29 is 34.8 Å². The summed E-state index contributed by atoms with van der Waals surface area (Å²) in [5.74, 6) is -3.76. The lowest BCUT2D eigenvalue weighted by molar-refractivity contribution is -0.152. The van der Waals surface area contributed by atoms with Crippen LogP contribution in [0.2, 0.25) is 0 Å². The predicted molar refractivity (Wildman–Crippen MR) is 57.5 cm³/mol. The van der Waals surface area contributed by atoms with E-state index in [1.807, 2.05) is 6.92 Å². The number of hydrogen-bond acceptors (Lipinski definition) is 4. The molecule has 0 aromatic rings. The quantitative estimate of drug-likeness (QED) is 0.399. The number of aliphatic hydroxyl groups excluding tert-OH is 1. The van der Waals surface area contributed by atoms with Gasteiger partial charge in [-0.1, -0.05) is 18.2 Å². The van der Waals surface area contributed by atoms with Gasteiger partial charge in [0.15, 0.2) is 6.10 Å². The number of aliphatic hydroxyl groups is 1. The van der Waals surface area contributed by atoms with Crippen LogP contribution in [-0.2, 0) is 14.4 Å². The fraction of sp³-hybridized carbons (Fsp3) is 0.300. The van der Waals surface area contributed by atoms with Crippen molar-refractivity contribution in [2.75, 3.05) is 0 Å². The summed E-state index contributed by atoms with van der Waals surface area (Å²) in [4.78, 5) is 29.2. The van der Waals surface area contributed by atoms with E-state index in [1.165, 1.54) is 6.08 Å². The second-order valence-corrected chi connectivity index (χ2v) is 2.68. The van der Waals surface area contributed by atoms with Crippen LogP contribution < -0.4 is 0 Å². The van der Waals surface area contributed by atoms with Crippen LogP contribution in [0.3, 0.4) is 0 Å². The molecule has 0 aliphatic heterocycles. The second kappa shape index (κ2) is 10.4. The zero-order chi connectivity index (χ0) is 13.8. The number of allylic oxidation sites excluding steroid dienone is 3. The van der Waals surface area contributed by atoms with E-state index in [-0.39, 0.29) is 0 Å². The van der Waals surface area contributed by atoms with Crippen molar-refractivity contribution in [3.05, 3.63) is 24.3 Å². The van der Waals surface area contributed by atoms with Gasteiger partial charge in [0.2, 0.25) is 0 Å². The first-order chi connectivity index (χ1) is 7.81. The lowest BCUT2D eigenvalue weighted by Crippen LogP contribution is -2.22. The van der Waals surface area contributed by atoms with Gasteiger partial charge in [-0.25, -0.2) is 9.59 Å². The number of carbonyl (C=O) groups is 3. The van der Waals surface area contributed by atoms with Crippen LogP contribution in [0, 0.1) is 0 Å². The number of aliphatic carboxylic acids is 3. The van der Waals surface area contributed by atoms with E-state index in [2.05, 4.69) is 0 Å². The first-order valence-electron chi connectivity index (χ1n) is 4.46. The normalized spacial score (nSPS) is 11.9. The Balaban J connectivity index is 0. The van der Waals surface area contributed by atoms with Gasteiger partial charge < -0.3 is 20.4 Å². The van der Waals surface area contributed by atoms with E-state index in [0.29, 0.717) is 0 Å². The molecule has 1 unspecified atom stereocenters. The van der Waals surface area contributed by atoms with Gasteiger partial charge in [-0.3, -0.25) is 4.79 Å². The lowest BCUT2D eigenvalue weighted by atomic mass is 10.3. The van der Waals surface area contributed by atoms with Gasteiger partial charge in [-0.05, 0) is 6.92 Å². The summed E-state index contributed by atoms with van der Waals surface area (Å²) in [6.45, 7) is 1.83. The molecular weight excluding hydrogens is 232 g/mol. The van der Waals surface area contributed by atoms with Crippen LogP contribution in [0.4, 0.5) is 0 Å². The third kappa shape index (κ3) is 16.5. The molecule has 7 nitrogen and oxygen atoms in total. The molecule has 1 atom stereocenters. The van der Waals surface area contributed by atoms with Crippen LogP contribution in [-0.4, -0.2) is 44.4 Å². The van der Waals surface area contributed by atoms with E-state index < -0.39 is 30.4 Å². The molecule has 0 fully saturated rings. The third-order valence-corrected chi connectivity index (χ3v) is 1.20. The molecule has 17 heavy (non-hydrogen) atoms. The minimum atomic E-state index is -1.79. The zero-order valence-electron chi connectivity index (χ0n) is 9.11. The summed E-state index contributed by atoms with van der Waals surface area (Å²) in [7, 11) is 0. The molecule has 0 aliphatic rings. The highest BCUT2D eigenvalue weighted by atomic mass is 16.4. The minimum absolute atomic E-state index is 0.755. The zero-order valence-corrected chi connectivity index (χ0v) is 9.11. The monoisotopic (exact) mass is 246 g/mol. The second-order valence-electron chi connectivity index (χ2n) is 2.68. The predicted octanol–water partition coefficient (Wildman–Crippen LogP) is 0.110. The van der Waals surface area contributed by atoms with Crippen LogP contribution in [0.15, 0.2) is 24.3 Å². The van der Waals surface area contributed by atoms with E-state index >= 15 is 0 Å². The molecule has 0 saturated heterocycles. The van der Waals surface area contributed by atoms with Gasteiger partial charge in [-0.15, -0.1) is 0 Å².